The number of benzene rings is 2. The van der Waals surface area contributed by atoms with Crippen molar-refractivity contribution in [1.82, 2.24) is 24.6 Å². The van der Waals surface area contributed by atoms with Gasteiger partial charge in [-0.05, 0) is 63.5 Å². The molecule has 40 heavy (non-hydrogen) atoms. The molecule has 0 bridgehead atoms. The Morgan fingerprint density at radius 1 is 1.07 bits per heavy atom. The number of nitrogens with zero attached hydrogens (tertiary/aromatic N) is 5. The maximum Gasteiger partial charge on any atom is 0.417 e. The average molecular weight is 578 g/mol. The highest BCUT2D eigenvalue weighted by Gasteiger charge is 2.33. The van der Waals surface area contributed by atoms with E-state index < -0.39 is 28.6 Å². The highest BCUT2D eigenvalue weighted by molar-refractivity contribution is 6.31. The fourth-order valence-corrected chi connectivity index (χ4v) is 3.90. The number of carbonyl (C=O) groups is 1. The van der Waals surface area contributed by atoms with Crippen LogP contribution in [0.5, 0.6) is 11.5 Å². The summed E-state index contributed by atoms with van der Waals surface area (Å²) in [6, 6.07) is 8.91. The molecule has 2 heterocycles. The lowest BCUT2D eigenvalue weighted by atomic mass is 10.2. The molecule has 0 unspecified atom stereocenters. The van der Waals surface area contributed by atoms with E-state index >= 15 is 0 Å². The van der Waals surface area contributed by atoms with Crippen LogP contribution >= 0.6 is 11.6 Å². The minimum absolute atomic E-state index is 0.0496. The summed E-state index contributed by atoms with van der Waals surface area (Å²) in [5.41, 5.74) is -0.695. The van der Waals surface area contributed by atoms with Crippen LogP contribution in [0.3, 0.4) is 0 Å². The number of ether oxygens (including phenoxy) is 1. The van der Waals surface area contributed by atoms with Gasteiger partial charge in [-0.2, -0.15) is 13.2 Å². The number of halogens is 5. The van der Waals surface area contributed by atoms with Crippen molar-refractivity contribution in [3.8, 4) is 23.0 Å². The maximum absolute atomic E-state index is 14.8. The lowest BCUT2D eigenvalue weighted by Gasteiger charge is -2.13. The van der Waals surface area contributed by atoms with Crippen LogP contribution in [0.2, 0.25) is 5.02 Å². The largest absolute Gasteiger partial charge is 0.454 e. The Balaban J connectivity index is 1.41. The molecular weight excluding hydrogens is 554 g/mol. The second-order valence-corrected chi connectivity index (χ2v) is 9.31. The van der Waals surface area contributed by atoms with Crippen molar-refractivity contribution in [2.75, 3.05) is 31.3 Å². The zero-order valence-corrected chi connectivity index (χ0v) is 22.1. The minimum atomic E-state index is -4.69. The number of amides is 2. The van der Waals surface area contributed by atoms with Gasteiger partial charge in [0.1, 0.15) is 17.8 Å². The van der Waals surface area contributed by atoms with Gasteiger partial charge in [-0.3, -0.25) is 4.98 Å². The molecule has 210 valence electrons. The number of urea groups is 1. The molecule has 0 saturated heterocycles. The molecule has 2 amide bonds. The quantitative estimate of drug-likeness (QED) is 0.219. The number of anilines is 2. The monoisotopic (exact) mass is 577 g/mol. The van der Waals surface area contributed by atoms with Crippen molar-refractivity contribution in [1.29, 1.82) is 0 Å². The van der Waals surface area contributed by atoms with Crippen molar-refractivity contribution in [2.45, 2.75) is 19.1 Å². The number of alkyl halides is 3. The Hall–Kier alpha value is -4.23. The van der Waals surface area contributed by atoms with E-state index in [1.165, 1.54) is 24.4 Å². The summed E-state index contributed by atoms with van der Waals surface area (Å²) in [5, 5.41) is 12.2. The van der Waals surface area contributed by atoms with E-state index in [9.17, 15) is 22.4 Å². The van der Waals surface area contributed by atoms with Crippen LogP contribution < -0.4 is 15.4 Å². The van der Waals surface area contributed by atoms with Crippen molar-refractivity contribution in [3.05, 3.63) is 77.5 Å². The molecule has 0 spiro atoms. The topological polar surface area (TPSA) is 97.2 Å². The molecule has 0 fully saturated rings. The van der Waals surface area contributed by atoms with Gasteiger partial charge >= 0.3 is 12.2 Å². The number of hydrogen-bond acceptors (Lipinski definition) is 6. The fourth-order valence-electron chi connectivity index (χ4n) is 3.67. The van der Waals surface area contributed by atoms with E-state index in [-0.39, 0.29) is 17.1 Å². The summed E-state index contributed by atoms with van der Waals surface area (Å²) < 4.78 is 61.5. The smallest absolute Gasteiger partial charge is 0.417 e. The van der Waals surface area contributed by atoms with Crippen molar-refractivity contribution >= 4 is 29.0 Å². The third kappa shape index (κ3) is 7.45. The van der Waals surface area contributed by atoms with E-state index in [4.69, 9.17) is 16.3 Å². The lowest BCUT2D eigenvalue weighted by Crippen LogP contribution is -2.20. The Morgan fingerprint density at radius 2 is 1.80 bits per heavy atom. The van der Waals surface area contributed by atoms with Crippen LogP contribution in [0.4, 0.5) is 33.7 Å². The number of aryl methyl sites for hydroxylation is 1. The summed E-state index contributed by atoms with van der Waals surface area (Å²) in [6.07, 6.45) is -0.692. The first-order valence-corrected chi connectivity index (χ1v) is 12.3. The molecule has 0 saturated carbocycles. The van der Waals surface area contributed by atoms with Gasteiger partial charge in [-0.15, -0.1) is 10.2 Å². The molecule has 4 rings (SSSR count). The zero-order chi connectivity index (χ0) is 28.9. The van der Waals surface area contributed by atoms with E-state index in [0.29, 0.717) is 29.9 Å². The summed E-state index contributed by atoms with van der Waals surface area (Å²) >= 11 is 5.59. The number of carbonyl (C=O) groups excluding carboxylic acids is 1. The molecule has 2 aromatic carbocycles. The maximum atomic E-state index is 14.8. The molecule has 0 atom stereocenters. The lowest BCUT2D eigenvalue weighted by molar-refractivity contribution is -0.137. The Bertz CT molecular complexity index is 1490. The average Bonchev–Trinajstić information content (AvgIpc) is 3.35. The molecule has 0 aliphatic carbocycles. The summed E-state index contributed by atoms with van der Waals surface area (Å²) in [6.45, 7) is 1.57. The van der Waals surface area contributed by atoms with Crippen molar-refractivity contribution in [3.63, 3.8) is 0 Å². The molecule has 14 heteroatoms. The second-order valence-electron chi connectivity index (χ2n) is 8.90. The molecular formula is C26H24ClF4N7O2. The van der Waals surface area contributed by atoms with Crippen LogP contribution in [0, 0.1) is 5.82 Å². The van der Waals surface area contributed by atoms with Gasteiger partial charge in [0.25, 0.3) is 0 Å². The van der Waals surface area contributed by atoms with Crippen LogP contribution in [-0.4, -0.2) is 51.3 Å². The SMILES string of the molecule is CN(C)CCCn1cnnc1-c1cc(Oc2ccc(NC(=O)Nc3ccc(Cl)c(C(F)(F)F)c3)cc2F)ccn1. The van der Waals surface area contributed by atoms with Gasteiger partial charge in [0.15, 0.2) is 17.4 Å². The number of nitrogens with one attached hydrogen (secondary N) is 2. The van der Waals surface area contributed by atoms with E-state index in [1.54, 1.807) is 18.5 Å². The third-order valence-electron chi connectivity index (χ3n) is 5.53. The molecule has 9 nitrogen and oxygen atoms in total. The van der Waals surface area contributed by atoms with Gasteiger partial charge in [-0.25, -0.2) is 9.18 Å². The van der Waals surface area contributed by atoms with E-state index in [2.05, 4.69) is 30.7 Å². The first-order chi connectivity index (χ1) is 19.0. The molecule has 2 aromatic heterocycles. The number of rotatable bonds is 9. The van der Waals surface area contributed by atoms with Crippen molar-refractivity contribution < 1.29 is 27.1 Å². The van der Waals surface area contributed by atoms with Crippen LogP contribution in [0.1, 0.15) is 12.0 Å². The fraction of sp³-hybridized carbons (Fsp3) is 0.231. The third-order valence-corrected chi connectivity index (χ3v) is 5.86. The predicted molar refractivity (Wildman–Crippen MR) is 142 cm³/mol. The zero-order valence-electron chi connectivity index (χ0n) is 21.3. The number of pyridine rings is 1. The molecule has 0 aliphatic rings. The summed E-state index contributed by atoms with van der Waals surface area (Å²) in [7, 11) is 3.98. The Morgan fingerprint density at radius 3 is 2.50 bits per heavy atom. The Labute approximate surface area is 231 Å². The first kappa shape index (κ1) is 28.8. The van der Waals surface area contributed by atoms with Crippen molar-refractivity contribution in [2.24, 2.45) is 0 Å². The van der Waals surface area contributed by atoms with Gasteiger partial charge < -0.3 is 24.8 Å². The van der Waals surface area contributed by atoms with E-state index in [1.807, 2.05) is 18.7 Å². The summed E-state index contributed by atoms with van der Waals surface area (Å²) in [4.78, 5) is 18.7. The van der Waals surface area contributed by atoms with Crippen LogP contribution in [0.15, 0.2) is 61.1 Å². The van der Waals surface area contributed by atoms with Crippen LogP contribution in [0.25, 0.3) is 11.5 Å². The molecule has 2 N–H and O–H groups in total. The second kappa shape index (κ2) is 12.3. The van der Waals surface area contributed by atoms with Crippen LogP contribution in [-0.2, 0) is 12.7 Å². The first-order valence-electron chi connectivity index (χ1n) is 11.9. The van der Waals surface area contributed by atoms with Gasteiger partial charge in [-0.1, -0.05) is 11.6 Å². The molecule has 0 radical (unpaired) electrons. The summed E-state index contributed by atoms with van der Waals surface area (Å²) in [5.74, 6) is -0.0661. The number of aromatic nitrogens is 4. The van der Waals surface area contributed by atoms with Gasteiger partial charge in [0.2, 0.25) is 0 Å². The standard InChI is InChI=1S/C26H24ClF4N7O2/c1-37(2)10-3-11-38-15-33-36-24(38)22-14-18(8-9-32-22)40-23-7-5-17(13-21(23)28)35-25(39)34-16-4-6-20(27)19(12-16)26(29,30)31/h4-9,12-15H,3,10-11H2,1-2H3,(H2,34,35,39). The highest BCUT2D eigenvalue weighted by Crippen LogP contribution is 2.36. The minimum Gasteiger partial charge on any atom is -0.454 e. The molecule has 0 aliphatic heterocycles. The van der Waals surface area contributed by atoms with Gasteiger partial charge in [0, 0.05) is 36.2 Å². The normalized spacial score (nSPS) is 11.5. The van der Waals surface area contributed by atoms with Gasteiger partial charge in [0.05, 0.1) is 10.6 Å². The number of hydrogen-bond donors (Lipinski definition) is 2. The highest BCUT2D eigenvalue weighted by atomic mass is 35.5. The molecule has 4 aromatic rings. The van der Waals surface area contributed by atoms with E-state index in [0.717, 1.165) is 25.1 Å². The predicted octanol–water partition coefficient (Wildman–Crippen LogP) is 6.54. The Kier molecular flexibility index (Phi) is 8.85.